The molecule has 0 amide bonds. The van der Waals surface area contributed by atoms with E-state index in [1.165, 1.54) is 24.9 Å². The van der Waals surface area contributed by atoms with E-state index in [4.69, 9.17) is 5.73 Å². The number of hydrogen-bond donors (Lipinski definition) is 2. The maximum absolute atomic E-state index is 5.78. The van der Waals surface area contributed by atoms with Crippen molar-refractivity contribution in [2.24, 2.45) is 5.41 Å². The smallest absolute Gasteiger partial charge is 0.0345 e. The van der Waals surface area contributed by atoms with Crippen molar-refractivity contribution in [3.8, 4) is 0 Å². The van der Waals surface area contributed by atoms with Crippen LogP contribution >= 0.6 is 0 Å². The SMILES string of the molecule is Cc1cc(NCC2(C)CCC2)ccc1N. The highest BCUT2D eigenvalue weighted by Gasteiger charge is 2.31. The lowest BCUT2D eigenvalue weighted by molar-refractivity contribution is 0.180. The van der Waals surface area contributed by atoms with E-state index in [0.717, 1.165) is 17.8 Å². The van der Waals surface area contributed by atoms with Crippen LogP contribution < -0.4 is 11.1 Å². The Bertz CT molecular complexity index is 354. The molecule has 0 saturated heterocycles. The Labute approximate surface area is 91.9 Å². The number of nitrogens with two attached hydrogens (primary N) is 1. The van der Waals surface area contributed by atoms with E-state index in [0.29, 0.717) is 5.41 Å². The molecule has 3 N–H and O–H groups in total. The number of hydrogen-bond acceptors (Lipinski definition) is 2. The van der Waals surface area contributed by atoms with Gasteiger partial charge in [-0.15, -0.1) is 0 Å². The summed E-state index contributed by atoms with van der Waals surface area (Å²) in [6.45, 7) is 5.48. The average Bonchev–Trinajstić information content (AvgIpc) is 2.17. The molecule has 0 aliphatic heterocycles. The molecule has 15 heavy (non-hydrogen) atoms. The molecule has 1 aromatic carbocycles. The van der Waals surface area contributed by atoms with E-state index in [1.54, 1.807) is 0 Å². The summed E-state index contributed by atoms with van der Waals surface area (Å²) < 4.78 is 0. The molecule has 2 heteroatoms. The summed E-state index contributed by atoms with van der Waals surface area (Å²) in [5.74, 6) is 0. The first-order chi connectivity index (χ1) is 7.09. The van der Waals surface area contributed by atoms with Crippen molar-refractivity contribution in [3.05, 3.63) is 23.8 Å². The number of benzene rings is 1. The van der Waals surface area contributed by atoms with Gasteiger partial charge in [0, 0.05) is 17.9 Å². The van der Waals surface area contributed by atoms with Gasteiger partial charge in [-0.2, -0.15) is 0 Å². The lowest BCUT2D eigenvalue weighted by Crippen LogP contribution is -2.33. The fourth-order valence-corrected chi connectivity index (χ4v) is 2.06. The van der Waals surface area contributed by atoms with Gasteiger partial charge in [-0.05, 0) is 48.9 Å². The van der Waals surface area contributed by atoms with E-state index < -0.39 is 0 Å². The summed E-state index contributed by atoms with van der Waals surface area (Å²) in [5, 5.41) is 3.50. The molecule has 1 aliphatic rings. The van der Waals surface area contributed by atoms with Gasteiger partial charge in [-0.25, -0.2) is 0 Å². The monoisotopic (exact) mass is 204 g/mol. The van der Waals surface area contributed by atoms with Crippen LogP contribution in [-0.2, 0) is 0 Å². The van der Waals surface area contributed by atoms with Gasteiger partial charge < -0.3 is 11.1 Å². The highest BCUT2D eigenvalue weighted by Crippen LogP contribution is 2.40. The van der Waals surface area contributed by atoms with Crippen LogP contribution in [0.4, 0.5) is 11.4 Å². The van der Waals surface area contributed by atoms with Gasteiger partial charge in [0.2, 0.25) is 0 Å². The molecule has 82 valence electrons. The van der Waals surface area contributed by atoms with Crippen LogP contribution in [0.5, 0.6) is 0 Å². The summed E-state index contributed by atoms with van der Waals surface area (Å²) in [5.41, 5.74) is 9.52. The molecule has 0 atom stereocenters. The minimum absolute atomic E-state index is 0.523. The molecule has 0 unspecified atom stereocenters. The normalized spacial score (nSPS) is 18.3. The maximum Gasteiger partial charge on any atom is 0.0345 e. The van der Waals surface area contributed by atoms with Crippen LogP contribution in [0.1, 0.15) is 31.7 Å². The zero-order valence-corrected chi connectivity index (χ0v) is 9.64. The third-order valence-corrected chi connectivity index (χ3v) is 3.55. The van der Waals surface area contributed by atoms with Crippen molar-refractivity contribution in [3.63, 3.8) is 0 Å². The van der Waals surface area contributed by atoms with Crippen molar-refractivity contribution >= 4 is 11.4 Å². The lowest BCUT2D eigenvalue weighted by atomic mass is 9.70. The molecule has 0 radical (unpaired) electrons. The molecule has 0 heterocycles. The van der Waals surface area contributed by atoms with Crippen molar-refractivity contribution in [2.45, 2.75) is 33.1 Å². The van der Waals surface area contributed by atoms with Gasteiger partial charge in [0.05, 0.1) is 0 Å². The summed E-state index contributed by atoms with van der Waals surface area (Å²) >= 11 is 0. The Morgan fingerprint density at radius 2 is 2.13 bits per heavy atom. The van der Waals surface area contributed by atoms with Crippen LogP contribution in [0.3, 0.4) is 0 Å². The fourth-order valence-electron chi connectivity index (χ4n) is 2.06. The Morgan fingerprint density at radius 1 is 1.40 bits per heavy atom. The van der Waals surface area contributed by atoms with E-state index in [9.17, 15) is 0 Å². The average molecular weight is 204 g/mol. The number of anilines is 2. The van der Waals surface area contributed by atoms with Gasteiger partial charge in [0.15, 0.2) is 0 Å². The quantitative estimate of drug-likeness (QED) is 0.742. The highest BCUT2D eigenvalue weighted by molar-refractivity contribution is 5.56. The predicted molar refractivity (Wildman–Crippen MR) is 66.0 cm³/mol. The first-order valence-electron chi connectivity index (χ1n) is 5.69. The predicted octanol–water partition coefficient (Wildman–Crippen LogP) is 3.18. The second-order valence-electron chi connectivity index (χ2n) is 5.09. The third kappa shape index (κ3) is 2.25. The third-order valence-electron chi connectivity index (χ3n) is 3.55. The van der Waals surface area contributed by atoms with Crippen LogP contribution in [-0.4, -0.2) is 6.54 Å². The summed E-state index contributed by atoms with van der Waals surface area (Å²) in [6.07, 6.45) is 4.10. The number of rotatable bonds is 3. The molecule has 2 rings (SSSR count). The van der Waals surface area contributed by atoms with Gasteiger partial charge in [-0.1, -0.05) is 13.3 Å². The number of aryl methyl sites for hydroxylation is 1. The first-order valence-corrected chi connectivity index (χ1v) is 5.69. The second-order valence-corrected chi connectivity index (χ2v) is 5.09. The van der Waals surface area contributed by atoms with Crippen LogP contribution in [0.25, 0.3) is 0 Å². The largest absolute Gasteiger partial charge is 0.399 e. The maximum atomic E-state index is 5.78. The van der Waals surface area contributed by atoms with E-state index in [-0.39, 0.29) is 0 Å². The van der Waals surface area contributed by atoms with Crippen molar-refractivity contribution in [1.29, 1.82) is 0 Å². The standard InChI is InChI=1S/C13H20N2/c1-10-8-11(4-5-12(10)14)15-9-13(2)6-3-7-13/h4-5,8,15H,3,6-7,9,14H2,1-2H3. The van der Waals surface area contributed by atoms with Crippen molar-refractivity contribution in [2.75, 3.05) is 17.6 Å². The Hall–Kier alpha value is -1.18. The zero-order chi connectivity index (χ0) is 10.9. The van der Waals surface area contributed by atoms with Crippen LogP contribution in [0, 0.1) is 12.3 Å². The molecule has 1 aromatic rings. The molecule has 1 saturated carbocycles. The Kier molecular flexibility index (Phi) is 2.59. The highest BCUT2D eigenvalue weighted by atomic mass is 14.9. The molecular weight excluding hydrogens is 184 g/mol. The lowest BCUT2D eigenvalue weighted by Gasteiger charge is -2.38. The van der Waals surface area contributed by atoms with Crippen molar-refractivity contribution < 1.29 is 0 Å². The van der Waals surface area contributed by atoms with Crippen molar-refractivity contribution in [1.82, 2.24) is 0 Å². The molecule has 1 fully saturated rings. The van der Waals surface area contributed by atoms with Gasteiger partial charge >= 0.3 is 0 Å². The van der Waals surface area contributed by atoms with Gasteiger partial charge in [-0.3, -0.25) is 0 Å². The van der Waals surface area contributed by atoms with Crippen LogP contribution in [0.15, 0.2) is 18.2 Å². The number of nitrogens with one attached hydrogen (secondary N) is 1. The number of nitrogen functional groups attached to an aromatic ring is 1. The summed E-state index contributed by atoms with van der Waals surface area (Å²) in [4.78, 5) is 0. The summed E-state index contributed by atoms with van der Waals surface area (Å²) in [7, 11) is 0. The minimum atomic E-state index is 0.523. The molecule has 0 aromatic heterocycles. The van der Waals surface area contributed by atoms with Gasteiger partial charge in [0.25, 0.3) is 0 Å². The van der Waals surface area contributed by atoms with E-state index >= 15 is 0 Å². The second kappa shape index (κ2) is 3.76. The molecule has 2 nitrogen and oxygen atoms in total. The minimum Gasteiger partial charge on any atom is -0.399 e. The fraction of sp³-hybridized carbons (Fsp3) is 0.538. The van der Waals surface area contributed by atoms with Crippen LogP contribution in [0.2, 0.25) is 0 Å². The Balaban J connectivity index is 1.96. The molecule has 1 aliphatic carbocycles. The van der Waals surface area contributed by atoms with Gasteiger partial charge in [0.1, 0.15) is 0 Å². The topological polar surface area (TPSA) is 38.0 Å². The van der Waals surface area contributed by atoms with E-state index in [1.807, 2.05) is 13.0 Å². The van der Waals surface area contributed by atoms with E-state index in [2.05, 4.69) is 24.4 Å². The Morgan fingerprint density at radius 3 is 2.67 bits per heavy atom. The molecule has 0 spiro atoms. The zero-order valence-electron chi connectivity index (χ0n) is 9.64. The molecular formula is C13H20N2. The summed E-state index contributed by atoms with van der Waals surface area (Å²) in [6, 6.07) is 6.16. The first kappa shape index (κ1) is 10.3. The molecule has 0 bridgehead atoms.